The van der Waals surface area contributed by atoms with E-state index in [9.17, 15) is 4.39 Å². The van der Waals surface area contributed by atoms with E-state index in [1.165, 1.54) is 12.1 Å². The molecule has 0 bridgehead atoms. The average molecular weight is 227 g/mol. The Morgan fingerprint density at radius 2 is 2.27 bits per heavy atom. The van der Waals surface area contributed by atoms with Crippen LogP contribution in [-0.2, 0) is 6.61 Å². The smallest absolute Gasteiger partial charge is 0.132 e. The van der Waals surface area contributed by atoms with Crippen molar-refractivity contribution in [3.8, 4) is 11.3 Å². The summed E-state index contributed by atoms with van der Waals surface area (Å²) < 4.78 is 12.8. The van der Waals surface area contributed by atoms with Crippen LogP contribution in [-0.4, -0.2) is 15.1 Å². The molecule has 78 valence electrons. The molecule has 0 radical (unpaired) electrons. The van der Waals surface area contributed by atoms with Gasteiger partial charge in [-0.25, -0.2) is 9.37 Å². The van der Waals surface area contributed by atoms with Crippen molar-refractivity contribution in [1.29, 1.82) is 0 Å². The number of aromatic nitrogens is 2. The van der Waals surface area contributed by atoms with Crippen LogP contribution < -0.4 is 0 Å². The molecule has 0 aliphatic carbocycles. The molecule has 0 amide bonds. The van der Waals surface area contributed by atoms with Gasteiger partial charge in [-0.3, -0.25) is 0 Å². The lowest BCUT2D eigenvalue weighted by Crippen LogP contribution is -1.85. The Hall–Kier alpha value is -1.39. The maximum atomic E-state index is 12.8. The summed E-state index contributed by atoms with van der Waals surface area (Å²) >= 11 is 5.87. The van der Waals surface area contributed by atoms with Crippen LogP contribution in [0.5, 0.6) is 0 Å². The number of nitrogens with zero attached hydrogens (tertiary/aromatic N) is 1. The van der Waals surface area contributed by atoms with Gasteiger partial charge >= 0.3 is 0 Å². The monoisotopic (exact) mass is 226 g/mol. The molecule has 3 nitrogen and oxygen atoms in total. The number of benzene rings is 1. The number of nitrogens with one attached hydrogen (secondary N) is 1. The summed E-state index contributed by atoms with van der Waals surface area (Å²) in [5, 5.41) is 9.13. The highest BCUT2D eigenvalue weighted by atomic mass is 35.5. The molecule has 0 saturated carbocycles. The van der Waals surface area contributed by atoms with Crippen LogP contribution in [0.3, 0.4) is 0 Å². The van der Waals surface area contributed by atoms with Crippen molar-refractivity contribution in [3.05, 3.63) is 41.1 Å². The zero-order valence-electron chi connectivity index (χ0n) is 7.67. The van der Waals surface area contributed by atoms with Gasteiger partial charge in [0, 0.05) is 5.56 Å². The molecule has 1 aromatic heterocycles. The van der Waals surface area contributed by atoms with Gasteiger partial charge in [-0.2, -0.15) is 0 Å². The van der Waals surface area contributed by atoms with Gasteiger partial charge in [-0.1, -0.05) is 11.6 Å². The van der Waals surface area contributed by atoms with E-state index < -0.39 is 0 Å². The first-order valence-electron chi connectivity index (χ1n) is 4.31. The fraction of sp³-hybridized carbons (Fsp3) is 0.100. The molecule has 0 aliphatic rings. The fourth-order valence-corrected chi connectivity index (χ4v) is 1.56. The van der Waals surface area contributed by atoms with Gasteiger partial charge in [-0.05, 0) is 18.2 Å². The molecule has 1 heterocycles. The largest absolute Gasteiger partial charge is 0.388 e. The molecule has 5 heteroatoms. The SMILES string of the molecule is OCc1ncc(-c2ccc(F)cc2Cl)[nH]1. The third-order valence-electron chi connectivity index (χ3n) is 2.00. The van der Waals surface area contributed by atoms with Crippen molar-refractivity contribution in [2.24, 2.45) is 0 Å². The van der Waals surface area contributed by atoms with E-state index in [0.29, 0.717) is 22.1 Å². The third kappa shape index (κ3) is 2.00. The van der Waals surface area contributed by atoms with E-state index in [-0.39, 0.29) is 12.4 Å². The minimum Gasteiger partial charge on any atom is -0.388 e. The van der Waals surface area contributed by atoms with Gasteiger partial charge in [0.15, 0.2) is 0 Å². The van der Waals surface area contributed by atoms with Crippen molar-refractivity contribution in [2.75, 3.05) is 0 Å². The zero-order valence-corrected chi connectivity index (χ0v) is 8.42. The number of halogens is 2. The Morgan fingerprint density at radius 3 is 2.87 bits per heavy atom. The van der Waals surface area contributed by atoms with Crippen LogP contribution in [0.4, 0.5) is 4.39 Å². The van der Waals surface area contributed by atoms with Gasteiger partial charge in [0.2, 0.25) is 0 Å². The number of aliphatic hydroxyl groups is 1. The first kappa shape index (κ1) is 10.1. The normalized spacial score (nSPS) is 10.6. The lowest BCUT2D eigenvalue weighted by atomic mass is 10.2. The highest BCUT2D eigenvalue weighted by Gasteiger charge is 2.07. The number of H-pyrrole nitrogens is 1. The molecule has 0 saturated heterocycles. The Labute approximate surface area is 90.5 Å². The molecule has 0 aliphatic heterocycles. The Bertz CT molecular complexity index is 484. The quantitative estimate of drug-likeness (QED) is 0.826. The minimum atomic E-state index is -0.384. The van der Waals surface area contributed by atoms with Crippen LogP contribution in [0.15, 0.2) is 24.4 Å². The summed E-state index contributed by atoms with van der Waals surface area (Å²) in [5.74, 6) is 0.0658. The standard InChI is InChI=1S/C10H8ClFN2O/c11-8-3-6(12)1-2-7(8)9-4-13-10(5-15)14-9/h1-4,15H,5H2,(H,13,14). The van der Waals surface area contributed by atoms with Gasteiger partial charge in [0.25, 0.3) is 0 Å². The van der Waals surface area contributed by atoms with Gasteiger partial charge in [-0.15, -0.1) is 0 Å². The Kier molecular flexibility index (Phi) is 2.70. The van der Waals surface area contributed by atoms with Crippen molar-refractivity contribution in [3.63, 3.8) is 0 Å². The summed E-state index contributed by atoms with van der Waals surface area (Å²) in [4.78, 5) is 6.79. The molecule has 2 aromatic rings. The van der Waals surface area contributed by atoms with Gasteiger partial charge < -0.3 is 10.1 Å². The first-order chi connectivity index (χ1) is 7.20. The van der Waals surface area contributed by atoms with Crippen molar-refractivity contribution >= 4 is 11.6 Å². The fourth-order valence-electron chi connectivity index (χ4n) is 1.29. The van der Waals surface area contributed by atoms with Crippen LogP contribution in [0.1, 0.15) is 5.82 Å². The van der Waals surface area contributed by atoms with E-state index in [1.807, 2.05) is 0 Å². The molecule has 2 N–H and O–H groups in total. The topological polar surface area (TPSA) is 48.9 Å². The molecular weight excluding hydrogens is 219 g/mol. The zero-order chi connectivity index (χ0) is 10.8. The summed E-state index contributed by atoms with van der Waals surface area (Å²) in [6.45, 7) is -0.168. The number of aromatic amines is 1. The molecular formula is C10H8ClFN2O. The lowest BCUT2D eigenvalue weighted by Gasteiger charge is -2.00. The first-order valence-corrected chi connectivity index (χ1v) is 4.68. The molecule has 0 unspecified atom stereocenters. The minimum absolute atomic E-state index is 0.168. The molecule has 2 rings (SSSR count). The second kappa shape index (κ2) is 4.00. The van der Waals surface area contributed by atoms with Crippen LogP contribution in [0.25, 0.3) is 11.3 Å². The van der Waals surface area contributed by atoms with Crippen molar-refractivity contribution in [1.82, 2.24) is 9.97 Å². The molecule has 0 atom stereocenters. The predicted octanol–water partition coefficient (Wildman–Crippen LogP) is 2.36. The summed E-state index contributed by atoms with van der Waals surface area (Å²) in [6, 6.07) is 4.11. The van der Waals surface area contributed by atoms with E-state index in [1.54, 1.807) is 12.3 Å². The van der Waals surface area contributed by atoms with E-state index in [4.69, 9.17) is 16.7 Å². The average Bonchev–Trinajstić information content (AvgIpc) is 2.66. The number of hydrogen-bond donors (Lipinski definition) is 2. The van der Waals surface area contributed by atoms with E-state index in [2.05, 4.69) is 9.97 Å². The van der Waals surface area contributed by atoms with Crippen molar-refractivity contribution in [2.45, 2.75) is 6.61 Å². The van der Waals surface area contributed by atoms with Gasteiger partial charge in [0.05, 0.1) is 16.9 Å². The number of aliphatic hydroxyl groups excluding tert-OH is 1. The van der Waals surface area contributed by atoms with E-state index in [0.717, 1.165) is 0 Å². The van der Waals surface area contributed by atoms with Crippen LogP contribution >= 0.6 is 11.6 Å². The Morgan fingerprint density at radius 1 is 1.47 bits per heavy atom. The van der Waals surface area contributed by atoms with Crippen LogP contribution in [0, 0.1) is 5.82 Å². The second-order valence-electron chi connectivity index (χ2n) is 3.03. The Balaban J connectivity index is 2.44. The lowest BCUT2D eigenvalue weighted by molar-refractivity contribution is 0.272. The van der Waals surface area contributed by atoms with E-state index >= 15 is 0 Å². The van der Waals surface area contributed by atoms with Gasteiger partial charge in [0.1, 0.15) is 18.2 Å². The predicted molar refractivity (Wildman–Crippen MR) is 54.9 cm³/mol. The summed E-state index contributed by atoms with van der Waals surface area (Å²) in [5.41, 5.74) is 1.31. The summed E-state index contributed by atoms with van der Waals surface area (Å²) in [6.07, 6.45) is 1.55. The molecule has 0 spiro atoms. The number of hydrogen-bond acceptors (Lipinski definition) is 2. The molecule has 1 aromatic carbocycles. The maximum absolute atomic E-state index is 12.8. The highest BCUT2D eigenvalue weighted by molar-refractivity contribution is 6.33. The number of rotatable bonds is 2. The maximum Gasteiger partial charge on any atom is 0.132 e. The third-order valence-corrected chi connectivity index (χ3v) is 2.31. The summed E-state index contributed by atoms with van der Waals surface area (Å²) in [7, 11) is 0. The highest BCUT2D eigenvalue weighted by Crippen LogP contribution is 2.26. The number of imidazole rings is 1. The second-order valence-corrected chi connectivity index (χ2v) is 3.43. The molecule has 15 heavy (non-hydrogen) atoms. The van der Waals surface area contributed by atoms with Crippen LogP contribution in [0.2, 0.25) is 5.02 Å². The molecule has 0 fully saturated rings. The van der Waals surface area contributed by atoms with Crippen molar-refractivity contribution < 1.29 is 9.50 Å².